The number of aryl methyl sites for hydroxylation is 2. The lowest BCUT2D eigenvalue weighted by Crippen LogP contribution is -1.95. The zero-order valence-corrected chi connectivity index (χ0v) is 13.7. The maximum Gasteiger partial charge on any atom is 0.0927 e. The zero-order chi connectivity index (χ0) is 14.1. The van der Waals surface area contributed by atoms with E-state index in [4.69, 9.17) is 11.6 Å². The molecule has 1 aromatic heterocycles. The summed E-state index contributed by atoms with van der Waals surface area (Å²) in [6, 6.07) is 11.2. The summed E-state index contributed by atoms with van der Waals surface area (Å²) >= 11 is 8.57. The molecule has 0 aliphatic heterocycles. The Kier molecular flexibility index (Phi) is 4.18. The molecular formula is C18H21ClS. The summed E-state index contributed by atoms with van der Waals surface area (Å²) < 4.78 is 0. The first-order chi connectivity index (χ1) is 9.63. The molecule has 1 heterocycles. The number of thiophene rings is 1. The molecule has 106 valence electrons. The first kappa shape index (κ1) is 14.2. The molecule has 0 saturated heterocycles. The van der Waals surface area contributed by atoms with E-state index in [1.165, 1.54) is 40.8 Å². The third kappa shape index (κ3) is 2.94. The summed E-state index contributed by atoms with van der Waals surface area (Å²) in [7, 11) is 0. The first-order valence-electron chi connectivity index (χ1n) is 7.48. The lowest BCUT2D eigenvalue weighted by molar-refractivity contribution is 0.647. The number of hydrogen-bond acceptors (Lipinski definition) is 1. The van der Waals surface area contributed by atoms with E-state index in [2.05, 4.69) is 44.2 Å². The van der Waals surface area contributed by atoms with Crippen LogP contribution >= 0.6 is 22.9 Å². The number of benzene rings is 1. The van der Waals surface area contributed by atoms with E-state index in [0.717, 1.165) is 6.42 Å². The molecule has 0 spiro atoms. The number of halogens is 1. The molecule has 0 saturated carbocycles. The smallest absolute Gasteiger partial charge is 0.0927 e. The van der Waals surface area contributed by atoms with Crippen molar-refractivity contribution in [2.75, 3.05) is 0 Å². The Labute approximate surface area is 130 Å². The minimum absolute atomic E-state index is 0.0127. The Balaban J connectivity index is 1.77. The largest absolute Gasteiger partial charge is 0.143 e. The van der Waals surface area contributed by atoms with E-state index >= 15 is 0 Å². The molecule has 0 bridgehead atoms. The van der Waals surface area contributed by atoms with Crippen molar-refractivity contribution in [1.29, 1.82) is 0 Å². The number of hydrogen-bond donors (Lipinski definition) is 0. The number of alkyl halides is 1. The van der Waals surface area contributed by atoms with E-state index in [1.54, 1.807) is 4.88 Å². The van der Waals surface area contributed by atoms with Crippen LogP contribution in [0.15, 0.2) is 30.3 Å². The van der Waals surface area contributed by atoms with E-state index < -0.39 is 0 Å². The maximum atomic E-state index is 6.67. The second kappa shape index (κ2) is 5.91. The molecule has 1 aliphatic carbocycles. The molecule has 0 radical (unpaired) electrons. The molecule has 0 N–H and O–H groups in total. The predicted molar refractivity (Wildman–Crippen MR) is 89.0 cm³/mol. The van der Waals surface area contributed by atoms with Crippen molar-refractivity contribution in [3.05, 3.63) is 56.8 Å². The van der Waals surface area contributed by atoms with Gasteiger partial charge in [-0.3, -0.25) is 0 Å². The van der Waals surface area contributed by atoms with Crippen LogP contribution in [-0.2, 0) is 19.3 Å². The summed E-state index contributed by atoms with van der Waals surface area (Å²) in [6.45, 7) is 4.51. The fourth-order valence-electron chi connectivity index (χ4n) is 2.94. The highest BCUT2D eigenvalue weighted by molar-refractivity contribution is 7.12. The molecule has 2 aromatic rings. The second-order valence-electron chi connectivity index (χ2n) is 6.15. The molecule has 0 fully saturated rings. The highest BCUT2D eigenvalue weighted by Crippen LogP contribution is 2.39. The lowest BCUT2D eigenvalue weighted by atomic mass is 10.0. The fourth-order valence-corrected chi connectivity index (χ4v) is 4.54. The van der Waals surface area contributed by atoms with Crippen molar-refractivity contribution in [2.24, 2.45) is 5.92 Å². The van der Waals surface area contributed by atoms with Crippen LogP contribution in [0.4, 0.5) is 0 Å². The average Bonchev–Trinajstić information content (AvgIpc) is 2.98. The second-order valence-corrected chi connectivity index (χ2v) is 7.76. The summed E-state index contributed by atoms with van der Waals surface area (Å²) in [5.41, 5.74) is 4.16. The van der Waals surface area contributed by atoms with Crippen LogP contribution < -0.4 is 0 Å². The monoisotopic (exact) mass is 304 g/mol. The standard InChI is InChI=1S/C18H21ClS/c1-12(2)10-13-6-8-14(9-7-13)18(19)17-11-15-4-3-5-16(15)20-17/h6-9,11-12,18H,3-5,10H2,1-2H3. The third-order valence-corrected chi connectivity index (χ3v) is 5.85. The van der Waals surface area contributed by atoms with Gasteiger partial charge in [0, 0.05) is 9.75 Å². The summed E-state index contributed by atoms with van der Waals surface area (Å²) in [5.74, 6) is 0.702. The Morgan fingerprint density at radius 2 is 1.90 bits per heavy atom. The molecule has 1 atom stereocenters. The molecule has 1 unspecified atom stereocenters. The van der Waals surface area contributed by atoms with Crippen LogP contribution in [-0.4, -0.2) is 0 Å². The molecule has 1 aliphatic rings. The highest BCUT2D eigenvalue weighted by atomic mass is 35.5. The average molecular weight is 305 g/mol. The van der Waals surface area contributed by atoms with Crippen molar-refractivity contribution >= 4 is 22.9 Å². The Hall–Kier alpha value is -0.790. The van der Waals surface area contributed by atoms with Gasteiger partial charge in [-0.25, -0.2) is 0 Å². The van der Waals surface area contributed by atoms with Crippen molar-refractivity contribution < 1.29 is 0 Å². The quantitative estimate of drug-likeness (QED) is 0.630. The summed E-state index contributed by atoms with van der Waals surface area (Å²) in [6.07, 6.45) is 4.94. The topological polar surface area (TPSA) is 0 Å². The van der Waals surface area contributed by atoms with Crippen LogP contribution in [0.2, 0.25) is 0 Å². The Bertz CT molecular complexity index is 558. The molecule has 3 rings (SSSR count). The van der Waals surface area contributed by atoms with Gasteiger partial charge in [0.05, 0.1) is 5.38 Å². The van der Waals surface area contributed by atoms with Crippen LogP contribution in [0, 0.1) is 5.92 Å². The van der Waals surface area contributed by atoms with E-state index in [-0.39, 0.29) is 5.38 Å². The summed E-state index contributed by atoms with van der Waals surface area (Å²) in [5, 5.41) is 0.0127. The van der Waals surface area contributed by atoms with Crippen molar-refractivity contribution in [3.63, 3.8) is 0 Å². The minimum atomic E-state index is 0.0127. The van der Waals surface area contributed by atoms with Crippen molar-refractivity contribution in [2.45, 2.75) is 44.9 Å². The van der Waals surface area contributed by atoms with Gasteiger partial charge in [0.15, 0.2) is 0 Å². The minimum Gasteiger partial charge on any atom is -0.143 e. The van der Waals surface area contributed by atoms with Gasteiger partial charge in [0.1, 0.15) is 0 Å². The van der Waals surface area contributed by atoms with Crippen molar-refractivity contribution in [3.8, 4) is 0 Å². The van der Waals surface area contributed by atoms with Gasteiger partial charge < -0.3 is 0 Å². The van der Waals surface area contributed by atoms with Crippen LogP contribution in [0.5, 0.6) is 0 Å². The number of rotatable bonds is 4. The maximum absolute atomic E-state index is 6.67. The number of fused-ring (bicyclic) bond motifs is 1. The first-order valence-corrected chi connectivity index (χ1v) is 8.73. The Morgan fingerprint density at radius 3 is 2.55 bits per heavy atom. The Morgan fingerprint density at radius 1 is 1.15 bits per heavy atom. The third-order valence-electron chi connectivity index (χ3n) is 3.93. The zero-order valence-electron chi connectivity index (χ0n) is 12.2. The molecule has 20 heavy (non-hydrogen) atoms. The molecule has 1 aromatic carbocycles. The molecular weight excluding hydrogens is 284 g/mol. The van der Waals surface area contributed by atoms with Gasteiger partial charge in [-0.1, -0.05) is 38.1 Å². The van der Waals surface area contributed by atoms with Gasteiger partial charge in [0.25, 0.3) is 0 Å². The van der Waals surface area contributed by atoms with Gasteiger partial charge in [0.2, 0.25) is 0 Å². The van der Waals surface area contributed by atoms with Crippen LogP contribution in [0.1, 0.15) is 52.1 Å². The molecule has 0 amide bonds. The van der Waals surface area contributed by atoms with Gasteiger partial charge in [-0.05, 0) is 54.4 Å². The van der Waals surface area contributed by atoms with E-state index in [9.17, 15) is 0 Å². The SMILES string of the molecule is CC(C)Cc1ccc(C(Cl)c2cc3c(s2)CCC3)cc1. The fraction of sp³-hybridized carbons (Fsp3) is 0.444. The van der Waals surface area contributed by atoms with E-state index in [0.29, 0.717) is 5.92 Å². The lowest BCUT2D eigenvalue weighted by Gasteiger charge is -2.10. The van der Waals surface area contributed by atoms with Crippen LogP contribution in [0.3, 0.4) is 0 Å². The molecule has 2 heteroatoms. The van der Waals surface area contributed by atoms with E-state index in [1.807, 2.05) is 11.3 Å². The van der Waals surface area contributed by atoms with Gasteiger partial charge in [-0.2, -0.15) is 0 Å². The van der Waals surface area contributed by atoms with Crippen molar-refractivity contribution in [1.82, 2.24) is 0 Å². The summed E-state index contributed by atoms with van der Waals surface area (Å²) in [4.78, 5) is 2.87. The van der Waals surface area contributed by atoms with Gasteiger partial charge >= 0.3 is 0 Å². The van der Waals surface area contributed by atoms with Gasteiger partial charge in [-0.15, -0.1) is 22.9 Å². The highest BCUT2D eigenvalue weighted by Gasteiger charge is 2.19. The predicted octanol–water partition coefficient (Wildman–Crippen LogP) is 5.76. The normalized spacial score (nSPS) is 15.6. The molecule has 0 nitrogen and oxygen atoms in total. The van der Waals surface area contributed by atoms with Crippen LogP contribution in [0.25, 0.3) is 0 Å².